The first kappa shape index (κ1) is 11.2. The molecule has 0 aliphatic rings. The fraction of sp³-hybridized carbons (Fsp3) is 0.182. The molecule has 1 aromatic carbocycles. The highest BCUT2D eigenvalue weighted by Gasteiger charge is 2.00. The van der Waals surface area contributed by atoms with Crippen LogP contribution in [0, 0.1) is 0 Å². The molecule has 0 unspecified atom stereocenters. The Labute approximate surface area is 106 Å². The molecule has 0 atom stereocenters. The lowest BCUT2D eigenvalue weighted by molar-refractivity contribution is 1.15. The molecule has 78 valence electrons. The number of halogens is 1. The fourth-order valence-corrected chi connectivity index (χ4v) is 3.86. The number of rotatable bonds is 4. The summed E-state index contributed by atoms with van der Waals surface area (Å²) in [5, 5.41) is 0. The summed E-state index contributed by atoms with van der Waals surface area (Å²) in [6.07, 6.45) is 2.96. The number of hydrogen-bond donors (Lipinski definition) is 0. The zero-order chi connectivity index (χ0) is 10.5. The van der Waals surface area contributed by atoms with E-state index < -0.39 is 0 Å². The quantitative estimate of drug-likeness (QED) is 0.783. The summed E-state index contributed by atoms with van der Waals surface area (Å²) in [5.41, 5.74) is 1.39. The van der Waals surface area contributed by atoms with Gasteiger partial charge in [-0.15, -0.1) is 11.3 Å². The molecule has 0 saturated carbocycles. The third-order valence-electron chi connectivity index (χ3n) is 1.92. The molecule has 1 aromatic heterocycles. The largest absolute Gasteiger partial charge is 0.237 e. The molecule has 0 bridgehead atoms. The molecule has 0 spiro atoms. The Hall–Kier alpha value is -0.320. The van der Waals surface area contributed by atoms with Crippen molar-refractivity contribution < 1.29 is 0 Å². The predicted octanol–water partition coefficient (Wildman–Crippen LogP) is 4.24. The summed E-state index contributed by atoms with van der Waals surface area (Å²) in [5.74, 6) is 1.09. The minimum atomic E-state index is 1.09. The van der Waals surface area contributed by atoms with Gasteiger partial charge in [0.1, 0.15) is 0 Å². The Morgan fingerprint density at radius 1 is 1.27 bits per heavy atom. The smallest absolute Gasteiger partial charge is 0.150 e. The molecule has 15 heavy (non-hydrogen) atoms. The zero-order valence-corrected chi connectivity index (χ0v) is 11.2. The Balaban J connectivity index is 1.80. The van der Waals surface area contributed by atoms with Crippen molar-refractivity contribution in [3.63, 3.8) is 0 Å². The second-order valence-electron chi connectivity index (χ2n) is 3.01. The number of thioether (sulfide) groups is 1. The fourth-order valence-electron chi connectivity index (χ4n) is 1.21. The van der Waals surface area contributed by atoms with Gasteiger partial charge in [0.2, 0.25) is 0 Å². The van der Waals surface area contributed by atoms with Crippen LogP contribution in [0.2, 0.25) is 0 Å². The van der Waals surface area contributed by atoms with Gasteiger partial charge in [0.05, 0.1) is 9.98 Å². The zero-order valence-electron chi connectivity index (χ0n) is 8.02. The van der Waals surface area contributed by atoms with Crippen LogP contribution < -0.4 is 0 Å². The Bertz CT molecular complexity index is 414. The monoisotopic (exact) mass is 299 g/mol. The van der Waals surface area contributed by atoms with E-state index in [-0.39, 0.29) is 0 Å². The molecule has 0 fully saturated rings. The average Bonchev–Trinajstić information content (AvgIpc) is 2.66. The SMILES string of the molecule is Brc1cnc(SCCc2ccccc2)s1. The first-order valence-corrected chi connectivity index (χ1v) is 7.22. The number of benzene rings is 1. The van der Waals surface area contributed by atoms with Crippen molar-refractivity contribution in [3.8, 4) is 0 Å². The van der Waals surface area contributed by atoms with E-state index in [1.807, 2.05) is 18.0 Å². The Morgan fingerprint density at radius 3 is 2.73 bits per heavy atom. The van der Waals surface area contributed by atoms with Gasteiger partial charge >= 0.3 is 0 Å². The molecule has 4 heteroatoms. The van der Waals surface area contributed by atoms with Crippen LogP contribution >= 0.6 is 39.0 Å². The summed E-state index contributed by atoms with van der Waals surface area (Å²) in [6.45, 7) is 0. The van der Waals surface area contributed by atoms with Crippen LogP contribution in [0.25, 0.3) is 0 Å². The average molecular weight is 300 g/mol. The molecule has 1 heterocycles. The van der Waals surface area contributed by atoms with Gasteiger partial charge in [-0.05, 0) is 27.9 Å². The number of aromatic nitrogens is 1. The topological polar surface area (TPSA) is 12.9 Å². The van der Waals surface area contributed by atoms with Crippen molar-refractivity contribution in [3.05, 3.63) is 45.9 Å². The van der Waals surface area contributed by atoms with Crippen LogP contribution in [0.4, 0.5) is 0 Å². The Kier molecular flexibility index (Phi) is 4.23. The van der Waals surface area contributed by atoms with Gasteiger partial charge < -0.3 is 0 Å². The van der Waals surface area contributed by atoms with E-state index in [2.05, 4.69) is 51.2 Å². The normalized spacial score (nSPS) is 10.5. The minimum Gasteiger partial charge on any atom is -0.237 e. The van der Waals surface area contributed by atoms with Gasteiger partial charge in [-0.1, -0.05) is 42.1 Å². The Morgan fingerprint density at radius 2 is 2.07 bits per heavy atom. The molecule has 0 aliphatic heterocycles. The maximum Gasteiger partial charge on any atom is 0.150 e. The van der Waals surface area contributed by atoms with Gasteiger partial charge in [0.15, 0.2) is 4.34 Å². The van der Waals surface area contributed by atoms with Crippen molar-refractivity contribution in [2.45, 2.75) is 10.8 Å². The molecular weight excluding hydrogens is 290 g/mol. The lowest BCUT2D eigenvalue weighted by Gasteiger charge is -1.98. The summed E-state index contributed by atoms with van der Waals surface area (Å²) < 4.78 is 2.24. The summed E-state index contributed by atoms with van der Waals surface area (Å²) >= 11 is 6.92. The van der Waals surface area contributed by atoms with Gasteiger partial charge in [0, 0.05) is 5.75 Å². The lowest BCUT2D eigenvalue weighted by Crippen LogP contribution is -1.86. The number of thiazole rings is 1. The first-order chi connectivity index (χ1) is 7.34. The van der Waals surface area contributed by atoms with Crippen LogP contribution in [0.1, 0.15) is 5.56 Å². The number of hydrogen-bond acceptors (Lipinski definition) is 3. The van der Waals surface area contributed by atoms with E-state index in [9.17, 15) is 0 Å². The highest BCUT2D eigenvalue weighted by molar-refractivity contribution is 9.11. The molecule has 0 aliphatic carbocycles. The predicted molar refractivity (Wildman–Crippen MR) is 70.7 cm³/mol. The third-order valence-corrected chi connectivity index (χ3v) is 4.55. The van der Waals surface area contributed by atoms with Crippen LogP contribution in [0.15, 0.2) is 44.7 Å². The van der Waals surface area contributed by atoms with Crippen LogP contribution in [-0.4, -0.2) is 10.7 Å². The summed E-state index contributed by atoms with van der Waals surface area (Å²) in [4.78, 5) is 4.28. The first-order valence-electron chi connectivity index (χ1n) is 4.62. The van der Waals surface area contributed by atoms with Crippen molar-refractivity contribution in [2.24, 2.45) is 0 Å². The van der Waals surface area contributed by atoms with E-state index in [0.717, 1.165) is 20.3 Å². The highest BCUT2D eigenvalue weighted by Crippen LogP contribution is 2.27. The summed E-state index contributed by atoms with van der Waals surface area (Å²) in [7, 11) is 0. The van der Waals surface area contributed by atoms with Gasteiger partial charge in [0.25, 0.3) is 0 Å². The van der Waals surface area contributed by atoms with E-state index in [1.165, 1.54) is 5.56 Å². The standard InChI is InChI=1S/C11H10BrNS2/c12-10-8-13-11(15-10)14-7-6-9-4-2-1-3-5-9/h1-5,8H,6-7H2. The maximum absolute atomic E-state index is 4.28. The van der Waals surface area contributed by atoms with E-state index in [0.29, 0.717) is 0 Å². The number of nitrogens with zero attached hydrogens (tertiary/aromatic N) is 1. The van der Waals surface area contributed by atoms with Crippen molar-refractivity contribution in [1.29, 1.82) is 0 Å². The molecule has 0 N–H and O–H groups in total. The molecular formula is C11H10BrNS2. The number of aryl methyl sites for hydroxylation is 1. The van der Waals surface area contributed by atoms with Gasteiger partial charge in [-0.2, -0.15) is 0 Å². The molecule has 2 aromatic rings. The molecule has 0 radical (unpaired) electrons. The van der Waals surface area contributed by atoms with Crippen LogP contribution in [-0.2, 0) is 6.42 Å². The maximum atomic E-state index is 4.28. The minimum absolute atomic E-state index is 1.09. The van der Waals surface area contributed by atoms with Gasteiger partial charge in [-0.25, -0.2) is 4.98 Å². The molecule has 1 nitrogen and oxygen atoms in total. The highest BCUT2D eigenvalue weighted by atomic mass is 79.9. The van der Waals surface area contributed by atoms with Crippen molar-refractivity contribution in [2.75, 3.05) is 5.75 Å². The van der Waals surface area contributed by atoms with Crippen molar-refractivity contribution in [1.82, 2.24) is 4.98 Å². The van der Waals surface area contributed by atoms with Crippen LogP contribution in [0.5, 0.6) is 0 Å². The van der Waals surface area contributed by atoms with E-state index in [1.54, 1.807) is 11.3 Å². The van der Waals surface area contributed by atoms with E-state index in [4.69, 9.17) is 0 Å². The van der Waals surface area contributed by atoms with Crippen molar-refractivity contribution >= 4 is 39.0 Å². The van der Waals surface area contributed by atoms with E-state index >= 15 is 0 Å². The third kappa shape index (κ3) is 3.63. The second kappa shape index (κ2) is 5.68. The second-order valence-corrected chi connectivity index (χ2v) is 6.77. The molecule has 0 saturated heterocycles. The molecule has 2 rings (SSSR count). The van der Waals surface area contributed by atoms with Gasteiger partial charge in [-0.3, -0.25) is 0 Å². The summed E-state index contributed by atoms with van der Waals surface area (Å²) in [6, 6.07) is 10.5. The molecule has 0 amide bonds. The lowest BCUT2D eigenvalue weighted by atomic mass is 10.2. The van der Waals surface area contributed by atoms with Crippen LogP contribution in [0.3, 0.4) is 0 Å².